The molecule has 3 N–H and O–H groups in total. The van der Waals surface area contributed by atoms with Gasteiger partial charge in [0.1, 0.15) is 18.2 Å². The van der Waals surface area contributed by atoms with Gasteiger partial charge in [0.05, 0.1) is 11.4 Å². The van der Waals surface area contributed by atoms with Gasteiger partial charge in [0.2, 0.25) is 0 Å². The molecule has 14 heavy (non-hydrogen) atoms. The standard InChI is InChI=1S/C10H12FNO2/c1-7(13)4-5-14-8-2-3-9(11)10(12)6-8/h2-4,6,13H,5,12H2,1H3/b7-4+. The Labute approximate surface area is 81.6 Å². The molecular weight excluding hydrogens is 185 g/mol. The van der Waals surface area contributed by atoms with Crippen LogP contribution in [0.2, 0.25) is 0 Å². The van der Waals surface area contributed by atoms with Gasteiger partial charge in [0.15, 0.2) is 0 Å². The summed E-state index contributed by atoms with van der Waals surface area (Å²) in [5.41, 5.74) is 5.38. The van der Waals surface area contributed by atoms with Crippen LogP contribution in [0.5, 0.6) is 5.75 Å². The molecule has 1 aromatic rings. The number of aliphatic hydroxyl groups excluding tert-OH is 1. The molecule has 3 nitrogen and oxygen atoms in total. The fourth-order valence-electron chi connectivity index (χ4n) is 0.870. The summed E-state index contributed by atoms with van der Waals surface area (Å²) in [5.74, 6) is 0.188. The van der Waals surface area contributed by atoms with Gasteiger partial charge in [0.25, 0.3) is 0 Å². The van der Waals surface area contributed by atoms with E-state index in [9.17, 15) is 4.39 Å². The number of hydrogen-bond acceptors (Lipinski definition) is 3. The van der Waals surface area contributed by atoms with Crippen molar-refractivity contribution in [3.63, 3.8) is 0 Å². The molecule has 0 amide bonds. The molecule has 76 valence electrons. The highest BCUT2D eigenvalue weighted by atomic mass is 19.1. The maximum absolute atomic E-state index is 12.7. The average Bonchev–Trinajstić information content (AvgIpc) is 2.10. The molecule has 1 rings (SSSR count). The molecule has 0 aliphatic carbocycles. The van der Waals surface area contributed by atoms with Crippen molar-refractivity contribution in [2.75, 3.05) is 12.3 Å². The second-order valence-corrected chi connectivity index (χ2v) is 2.84. The summed E-state index contributed by atoms with van der Waals surface area (Å²) in [6, 6.07) is 4.11. The van der Waals surface area contributed by atoms with Crippen LogP contribution in [0.4, 0.5) is 10.1 Å². The molecule has 0 aliphatic heterocycles. The molecule has 0 unspecified atom stereocenters. The Kier molecular flexibility index (Phi) is 3.34. The molecule has 0 heterocycles. The first kappa shape index (κ1) is 10.4. The molecule has 0 aliphatic rings. The number of aliphatic hydroxyl groups is 1. The molecule has 0 aromatic heterocycles. The third-order valence-corrected chi connectivity index (χ3v) is 1.60. The predicted molar refractivity (Wildman–Crippen MR) is 52.7 cm³/mol. The minimum Gasteiger partial charge on any atom is -0.513 e. The first-order valence-electron chi connectivity index (χ1n) is 4.13. The Morgan fingerprint density at radius 3 is 2.93 bits per heavy atom. The van der Waals surface area contributed by atoms with Crippen molar-refractivity contribution in [1.82, 2.24) is 0 Å². The van der Waals surface area contributed by atoms with Gasteiger partial charge in [0, 0.05) is 6.07 Å². The lowest BCUT2D eigenvalue weighted by Crippen LogP contribution is -1.97. The molecule has 1 aromatic carbocycles. The largest absolute Gasteiger partial charge is 0.513 e. The quantitative estimate of drug-likeness (QED) is 0.577. The minimum absolute atomic E-state index is 0.0483. The Balaban J connectivity index is 2.60. The molecule has 0 fully saturated rings. The van der Waals surface area contributed by atoms with Crippen molar-refractivity contribution in [2.24, 2.45) is 0 Å². The van der Waals surface area contributed by atoms with Gasteiger partial charge >= 0.3 is 0 Å². The zero-order chi connectivity index (χ0) is 10.6. The normalized spacial score (nSPS) is 11.4. The maximum atomic E-state index is 12.7. The monoisotopic (exact) mass is 197 g/mol. The molecule has 0 saturated carbocycles. The molecule has 0 bridgehead atoms. The Hall–Kier alpha value is -1.71. The zero-order valence-electron chi connectivity index (χ0n) is 7.83. The van der Waals surface area contributed by atoms with E-state index >= 15 is 0 Å². The summed E-state index contributed by atoms with van der Waals surface area (Å²) in [4.78, 5) is 0. The SMILES string of the molecule is C/C(O)=C\COc1ccc(F)c(N)c1. The lowest BCUT2D eigenvalue weighted by Gasteiger charge is -2.04. The van der Waals surface area contributed by atoms with Gasteiger partial charge in [-0.15, -0.1) is 0 Å². The highest BCUT2D eigenvalue weighted by molar-refractivity contribution is 5.45. The second-order valence-electron chi connectivity index (χ2n) is 2.84. The zero-order valence-corrected chi connectivity index (χ0v) is 7.83. The predicted octanol–water partition coefficient (Wildman–Crippen LogP) is 2.25. The summed E-state index contributed by atoms with van der Waals surface area (Å²) in [7, 11) is 0. The Morgan fingerprint density at radius 2 is 2.36 bits per heavy atom. The highest BCUT2D eigenvalue weighted by Crippen LogP contribution is 2.18. The number of rotatable bonds is 3. The number of nitrogen functional groups attached to an aromatic ring is 1. The smallest absolute Gasteiger partial charge is 0.146 e. The van der Waals surface area contributed by atoms with E-state index in [4.69, 9.17) is 15.6 Å². The fraction of sp³-hybridized carbons (Fsp3) is 0.200. The number of benzene rings is 1. The summed E-state index contributed by atoms with van der Waals surface area (Å²) in [6.45, 7) is 1.77. The fourth-order valence-corrected chi connectivity index (χ4v) is 0.870. The van der Waals surface area contributed by atoms with E-state index < -0.39 is 5.82 Å². The lowest BCUT2D eigenvalue weighted by molar-refractivity contribution is 0.347. The van der Waals surface area contributed by atoms with E-state index in [1.54, 1.807) is 6.92 Å². The van der Waals surface area contributed by atoms with Crippen LogP contribution in [0.3, 0.4) is 0 Å². The molecule has 4 heteroatoms. The third-order valence-electron chi connectivity index (χ3n) is 1.60. The van der Waals surface area contributed by atoms with Crippen LogP contribution in [-0.2, 0) is 0 Å². The van der Waals surface area contributed by atoms with Crippen LogP contribution >= 0.6 is 0 Å². The lowest BCUT2D eigenvalue weighted by atomic mass is 10.3. The average molecular weight is 197 g/mol. The van der Waals surface area contributed by atoms with Crippen LogP contribution in [0.1, 0.15) is 6.92 Å². The van der Waals surface area contributed by atoms with Gasteiger partial charge < -0.3 is 15.6 Å². The van der Waals surface area contributed by atoms with Crippen molar-refractivity contribution in [2.45, 2.75) is 6.92 Å². The summed E-state index contributed by atoms with van der Waals surface area (Å²) >= 11 is 0. The molecule has 0 saturated heterocycles. The molecular formula is C10H12FNO2. The number of anilines is 1. The number of halogens is 1. The van der Waals surface area contributed by atoms with Crippen LogP contribution in [0, 0.1) is 5.82 Å². The van der Waals surface area contributed by atoms with Crippen LogP contribution < -0.4 is 10.5 Å². The summed E-state index contributed by atoms with van der Waals surface area (Å²) in [5, 5.41) is 8.83. The topological polar surface area (TPSA) is 55.5 Å². The first-order valence-corrected chi connectivity index (χ1v) is 4.13. The van der Waals surface area contributed by atoms with Crippen molar-refractivity contribution in [3.8, 4) is 5.75 Å². The number of hydrogen-bond donors (Lipinski definition) is 2. The van der Waals surface area contributed by atoms with E-state index in [0.717, 1.165) is 0 Å². The second kappa shape index (κ2) is 4.50. The van der Waals surface area contributed by atoms with E-state index in [0.29, 0.717) is 5.75 Å². The Morgan fingerprint density at radius 1 is 1.64 bits per heavy atom. The van der Waals surface area contributed by atoms with Crippen molar-refractivity contribution >= 4 is 5.69 Å². The first-order chi connectivity index (χ1) is 6.59. The van der Waals surface area contributed by atoms with Gasteiger partial charge in [-0.05, 0) is 25.1 Å². The summed E-state index contributed by atoms with van der Waals surface area (Å²) < 4.78 is 17.9. The number of allylic oxidation sites excluding steroid dienone is 1. The molecule has 0 radical (unpaired) electrons. The Bertz CT molecular complexity index is 346. The van der Waals surface area contributed by atoms with Crippen molar-refractivity contribution in [3.05, 3.63) is 35.9 Å². The number of ether oxygens (including phenoxy) is 1. The van der Waals surface area contributed by atoms with Gasteiger partial charge in [-0.2, -0.15) is 0 Å². The van der Waals surface area contributed by atoms with Crippen LogP contribution in [-0.4, -0.2) is 11.7 Å². The molecule has 0 atom stereocenters. The van der Waals surface area contributed by atoms with E-state index in [2.05, 4.69) is 0 Å². The maximum Gasteiger partial charge on any atom is 0.146 e. The van der Waals surface area contributed by atoms with Crippen molar-refractivity contribution < 1.29 is 14.2 Å². The van der Waals surface area contributed by atoms with Crippen LogP contribution in [0.15, 0.2) is 30.0 Å². The third kappa shape index (κ3) is 2.97. The van der Waals surface area contributed by atoms with Crippen LogP contribution in [0.25, 0.3) is 0 Å². The minimum atomic E-state index is -0.466. The van der Waals surface area contributed by atoms with Gasteiger partial charge in [-0.1, -0.05) is 0 Å². The molecule has 0 spiro atoms. The van der Waals surface area contributed by atoms with Crippen molar-refractivity contribution in [1.29, 1.82) is 0 Å². The summed E-state index contributed by atoms with van der Waals surface area (Å²) in [6.07, 6.45) is 1.50. The van der Waals surface area contributed by atoms with Gasteiger partial charge in [-0.3, -0.25) is 0 Å². The highest BCUT2D eigenvalue weighted by Gasteiger charge is 1.99. The van der Waals surface area contributed by atoms with E-state index in [1.807, 2.05) is 0 Å². The van der Waals surface area contributed by atoms with Gasteiger partial charge in [-0.25, -0.2) is 4.39 Å². The number of nitrogens with two attached hydrogens (primary N) is 1. The van der Waals surface area contributed by atoms with E-state index in [1.165, 1.54) is 24.3 Å². The van der Waals surface area contributed by atoms with E-state index in [-0.39, 0.29) is 18.1 Å².